The van der Waals surface area contributed by atoms with E-state index in [1.54, 1.807) is 0 Å². The van der Waals surface area contributed by atoms with Gasteiger partial charge in [-0.05, 0) is 12.8 Å². The average Bonchev–Trinajstić information content (AvgIpc) is 2.72. The first-order valence-electron chi connectivity index (χ1n) is 5.96. The van der Waals surface area contributed by atoms with Crippen molar-refractivity contribution in [3.05, 3.63) is 23.8 Å². The molecule has 1 aromatic heterocycles. The van der Waals surface area contributed by atoms with Crippen LogP contribution in [0.1, 0.15) is 26.7 Å². The van der Waals surface area contributed by atoms with E-state index in [9.17, 15) is 8.78 Å². The van der Waals surface area contributed by atoms with Crippen molar-refractivity contribution in [3.63, 3.8) is 0 Å². The lowest BCUT2D eigenvalue weighted by molar-refractivity contribution is 0.325. The maximum atomic E-state index is 13.2. The highest BCUT2D eigenvalue weighted by molar-refractivity contribution is 5.74. The van der Waals surface area contributed by atoms with Crippen LogP contribution in [-0.2, 0) is 6.54 Å². The predicted molar refractivity (Wildman–Crippen MR) is 64.9 cm³/mol. The zero-order valence-corrected chi connectivity index (χ0v) is 10.5. The van der Waals surface area contributed by atoms with E-state index in [0.717, 1.165) is 25.0 Å². The summed E-state index contributed by atoms with van der Waals surface area (Å²) < 4.78 is 27.8. The van der Waals surface area contributed by atoms with Crippen molar-refractivity contribution in [3.8, 4) is 0 Å². The molecule has 0 spiro atoms. The van der Waals surface area contributed by atoms with Crippen LogP contribution in [0.4, 0.5) is 8.78 Å². The van der Waals surface area contributed by atoms with Gasteiger partial charge in [0.2, 0.25) is 0 Å². The number of halogens is 2. The molecule has 0 radical (unpaired) electrons. The summed E-state index contributed by atoms with van der Waals surface area (Å²) in [5.74, 6) is -1.82. The highest BCUT2D eigenvalue weighted by atomic mass is 19.2. The second kappa shape index (κ2) is 4.61. The largest absolute Gasteiger partial charge is 0.324 e. The normalized spacial score (nSPS) is 12.3. The second-order valence-electron chi connectivity index (χ2n) is 4.57. The quantitative estimate of drug-likeness (QED) is 0.910. The first-order valence-corrected chi connectivity index (χ1v) is 5.96. The molecule has 0 atom stereocenters. The summed E-state index contributed by atoms with van der Waals surface area (Å²) in [6.07, 6.45) is 1.54. The summed E-state index contributed by atoms with van der Waals surface area (Å²) in [4.78, 5) is 0. The summed E-state index contributed by atoms with van der Waals surface area (Å²) in [6, 6.07) is 2.15. The minimum atomic E-state index is -0.917. The molecule has 0 amide bonds. The molecule has 0 saturated carbocycles. The lowest BCUT2D eigenvalue weighted by Crippen LogP contribution is -2.43. The first kappa shape index (κ1) is 12.9. The van der Waals surface area contributed by atoms with Crippen LogP contribution in [0.2, 0.25) is 0 Å². The molecule has 18 heavy (non-hydrogen) atoms. The molecule has 6 heteroatoms. The fourth-order valence-electron chi connectivity index (χ4n) is 1.85. The van der Waals surface area contributed by atoms with Crippen LogP contribution in [0.25, 0.3) is 11.0 Å². The van der Waals surface area contributed by atoms with E-state index in [2.05, 4.69) is 10.3 Å². The molecule has 0 bridgehead atoms. The molecule has 0 saturated heterocycles. The monoisotopic (exact) mass is 254 g/mol. The Balaban J connectivity index is 2.43. The van der Waals surface area contributed by atoms with Crippen molar-refractivity contribution in [2.75, 3.05) is 0 Å². The Bertz CT molecular complexity index is 560. The number of fused-ring (bicyclic) bond motifs is 1. The van der Waals surface area contributed by atoms with Gasteiger partial charge in [0.25, 0.3) is 0 Å². The second-order valence-corrected chi connectivity index (χ2v) is 4.57. The maximum Gasteiger partial charge on any atom is 0.161 e. The maximum absolute atomic E-state index is 13.2. The van der Waals surface area contributed by atoms with Gasteiger partial charge in [0.05, 0.1) is 12.1 Å². The summed E-state index contributed by atoms with van der Waals surface area (Å²) in [5.41, 5.74) is 6.58. The van der Waals surface area contributed by atoms with E-state index in [0.29, 0.717) is 17.6 Å². The van der Waals surface area contributed by atoms with Gasteiger partial charge in [0.1, 0.15) is 5.52 Å². The number of nitrogens with two attached hydrogens (primary N) is 1. The topological polar surface area (TPSA) is 56.7 Å². The summed E-state index contributed by atoms with van der Waals surface area (Å²) in [7, 11) is 0. The fraction of sp³-hybridized carbons (Fsp3) is 0.500. The molecule has 2 aromatic rings. The van der Waals surface area contributed by atoms with Crippen LogP contribution in [-0.4, -0.2) is 20.5 Å². The minimum Gasteiger partial charge on any atom is -0.324 e. The van der Waals surface area contributed by atoms with Crippen molar-refractivity contribution >= 4 is 11.0 Å². The third-order valence-corrected chi connectivity index (χ3v) is 3.43. The van der Waals surface area contributed by atoms with Gasteiger partial charge < -0.3 is 5.73 Å². The summed E-state index contributed by atoms with van der Waals surface area (Å²) in [6.45, 7) is 4.41. The number of hydrogen-bond acceptors (Lipinski definition) is 3. The molecule has 0 aliphatic rings. The summed E-state index contributed by atoms with van der Waals surface area (Å²) >= 11 is 0. The van der Waals surface area contributed by atoms with Gasteiger partial charge >= 0.3 is 0 Å². The first-order chi connectivity index (χ1) is 8.49. The van der Waals surface area contributed by atoms with Gasteiger partial charge in [-0.3, -0.25) is 0 Å². The zero-order chi connectivity index (χ0) is 13.3. The van der Waals surface area contributed by atoms with Crippen molar-refractivity contribution in [1.82, 2.24) is 15.0 Å². The number of benzene rings is 1. The number of nitrogens with zero attached hydrogens (tertiary/aromatic N) is 3. The molecule has 2 N–H and O–H groups in total. The van der Waals surface area contributed by atoms with Crippen LogP contribution in [0.5, 0.6) is 0 Å². The number of aromatic nitrogens is 3. The molecular formula is C12H16F2N4. The number of rotatable bonds is 4. The van der Waals surface area contributed by atoms with E-state index in [1.165, 1.54) is 4.68 Å². The Morgan fingerprint density at radius 1 is 1.22 bits per heavy atom. The van der Waals surface area contributed by atoms with E-state index >= 15 is 0 Å². The highest BCUT2D eigenvalue weighted by Crippen LogP contribution is 2.20. The third-order valence-electron chi connectivity index (χ3n) is 3.43. The van der Waals surface area contributed by atoms with Crippen molar-refractivity contribution in [1.29, 1.82) is 0 Å². The fourth-order valence-corrected chi connectivity index (χ4v) is 1.85. The Morgan fingerprint density at radius 2 is 1.83 bits per heavy atom. The molecule has 0 aliphatic carbocycles. The molecule has 0 unspecified atom stereocenters. The van der Waals surface area contributed by atoms with Crippen LogP contribution in [0.3, 0.4) is 0 Å². The Morgan fingerprint density at radius 3 is 2.44 bits per heavy atom. The lowest BCUT2D eigenvalue weighted by Gasteiger charge is -2.26. The molecule has 1 heterocycles. The lowest BCUT2D eigenvalue weighted by atomic mass is 9.94. The summed E-state index contributed by atoms with van der Waals surface area (Å²) in [5, 5.41) is 7.74. The molecule has 0 aliphatic heterocycles. The molecular weight excluding hydrogens is 238 g/mol. The van der Waals surface area contributed by atoms with Gasteiger partial charge in [-0.25, -0.2) is 13.5 Å². The van der Waals surface area contributed by atoms with Crippen molar-refractivity contribution in [2.24, 2.45) is 5.73 Å². The Hall–Kier alpha value is -1.56. The van der Waals surface area contributed by atoms with Crippen LogP contribution >= 0.6 is 0 Å². The van der Waals surface area contributed by atoms with Crippen LogP contribution < -0.4 is 5.73 Å². The standard InChI is InChI=1S/C12H16F2N4/c1-3-12(15,4-2)7-18-11-6-9(14)8(13)5-10(11)16-17-18/h5-6H,3-4,7,15H2,1-2H3. The minimum absolute atomic E-state index is 0.337. The van der Waals surface area contributed by atoms with E-state index in [-0.39, 0.29) is 0 Å². The van der Waals surface area contributed by atoms with Gasteiger partial charge in [-0.1, -0.05) is 19.1 Å². The van der Waals surface area contributed by atoms with Crippen molar-refractivity contribution in [2.45, 2.75) is 38.8 Å². The van der Waals surface area contributed by atoms with Gasteiger partial charge in [0.15, 0.2) is 11.6 Å². The molecule has 1 aromatic carbocycles. The predicted octanol–water partition coefficient (Wildman–Crippen LogP) is 2.23. The molecule has 0 fully saturated rings. The zero-order valence-electron chi connectivity index (χ0n) is 10.5. The molecule has 98 valence electrons. The Kier molecular flexibility index (Phi) is 3.30. The third kappa shape index (κ3) is 2.20. The average molecular weight is 254 g/mol. The van der Waals surface area contributed by atoms with Gasteiger partial charge in [-0.2, -0.15) is 0 Å². The van der Waals surface area contributed by atoms with Crippen molar-refractivity contribution < 1.29 is 8.78 Å². The molecule has 4 nitrogen and oxygen atoms in total. The highest BCUT2D eigenvalue weighted by Gasteiger charge is 2.23. The number of hydrogen-bond donors (Lipinski definition) is 1. The molecule has 2 rings (SSSR count). The smallest absolute Gasteiger partial charge is 0.161 e. The SMILES string of the molecule is CCC(N)(CC)Cn1nnc2cc(F)c(F)cc21. The Labute approximate surface area is 104 Å². The van der Waals surface area contributed by atoms with E-state index in [1.807, 2.05) is 13.8 Å². The van der Waals surface area contributed by atoms with E-state index < -0.39 is 17.2 Å². The van der Waals surface area contributed by atoms with Gasteiger partial charge in [-0.15, -0.1) is 5.10 Å². The van der Waals surface area contributed by atoms with E-state index in [4.69, 9.17) is 5.73 Å². The van der Waals surface area contributed by atoms with Crippen LogP contribution in [0, 0.1) is 11.6 Å². The van der Waals surface area contributed by atoms with Crippen LogP contribution in [0.15, 0.2) is 12.1 Å². The van der Waals surface area contributed by atoms with Gasteiger partial charge in [0, 0.05) is 17.7 Å².